The maximum absolute atomic E-state index is 13.9. The smallest absolute Gasteiger partial charge is 0.372 e. The zero-order valence-corrected chi connectivity index (χ0v) is 24.0. The van der Waals surface area contributed by atoms with Crippen molar-refractivity contribution in [3.05, 3.63) is 74.2 Å². The molecule has 0 radical (unpaired) electrons. The molecule has 3 heterocycles. The number of H-pyrrole nitrogens is 1. The summed E-state index contributed by atoms with van der Waals surface area (Å²) in [5, 5.41) is 0.778. The molecule has 41 heavy (non-hydrogen) atoms. The van der Waals surface area contributed by atoms with Crippen LogP contribution in [0.15, 0.2) is 58.4 Å². The molecule has 3 aromatic rings. The summed E-state index contributed by atoms with van der Waals surface area (Å²) in [5.41, 5.74) is 0.789. The summed E-state index contributed by atoms with van der Waals surface area (Å²) in [6.45, 7) is 5.96. The highest BCUT2D eigenvalue weighted by atomic mass is 32.2. The van der Waals surface area contributed by atoms with Crippen LogP contribution in [-0.2, 0) is 15.8 Å². The largest absolute Gasteiger partial charge is 0.418 e. The lowest BCUT2D eigenvalue weighted by Gasteiger charge is -2.43. The first-order chi connectivity index (χ1) is 19.6. The number of carbonyl (C=O) groups is 2. The molecular formula is C30H28F3N3O3S2. The molecule has 2 aliphatic carbocycles. The second kappa shape index (κ2) is 9.49. The third kappa shape index (κ3) is 3.87. The summed E-state index contributed by atoms with van der Waals surface area (Å²) in [6, 6.07) is 13.2. The molecule has 1 saturated heterocycles. The third-order valence-electron chi connectivity index (χ3n) is 9.56. The number of fused-ring (bicyclic) bond motifs is 9. The first-order valence-electron chi connectivity index (χ1n) is 13.9. The Morgan fingerprint density at radius 1 is 0.951 bits per heavy atom. The zero-order chi connectivity index (χ0) is 28.8. The summed E-state index contributed by atoms with van der Waals surface area (Å²) < 4.78 is 41.6. The maximum atomic E-state index is 13.9. The van der Waals surface area contributed by atoms with Crippen molar-refractivity contribution >= 4 is 46.3 Å². The quantitative estimate of drug-likeness (QED) is 0.366. The van der Waals surface area contributed by atoms with Gasteiger partial charge in [0.05, 0.1) is 28.1 Å². The van der Waals surface area contributed by atoms with Crippen molar-refractivity contribution in [3.8, 4) is 0 Å². The fourth-order valence-electron chi connectivity index (χ4n) is 8.02. The minimum absolute atomic E-state index is 0.0148. The molecule has 0 spiro atoms. The second-order valence-electron chi connectivity index (χ2n) is 11.3. The van der Waals surface area contributed by atoms with Gasteiger partial charge in [-0.15, -0.1) is 11.8 Å². The summed E-state index contributed by atoms with van der Waals surface area (Å²) in [4.78, 5) is 47.0. The predicted molar refractivity (Wildman–Crippen MR) is 152 cm³/mol. The van der Waals surface area contributed by atoms with Crippen LogP contribution < -0.4 is 14.7 Å². The maximum Gasteiger partial charge on any atom is 0.418 e. The van der Waals surface area contributed by atoms with E-state index in [1.165, 1.54) is 29.5 Å². The van der Waals surface area contributed by atoms with Crippen molar-refractivity contribution < 1.29 is 22.8 Å². The lowest BCUT2D eigenvalue weighted by atomic mass is 9.68. The van der Waals surface area contributed by atoms with Crippen molar-refractivity contribution in [2.24, 2.45) is 29.6 Å². The number of thioether (sulfide) groups is 1. The number of hydrogen-bond acceptors (Lipinski definition) is 6. The standard InChI is InChI=1S/C30H28F3N3O3S2/c1-3-35(4-2)15-11-9-14(10-12-15)20-21-16-13-17(24(21)40-26-25(20)41-29(39)34-26)23-22(16)27(37)36(28(23)38)19-8-6-5-7-18(19)30(31,32)33/h5-12,16-17,20-24H,3-4,13H2,1-2H3,(H,34,39)/t16?,17?,20-,21?,22?,23?,24?/m1/s1. The average Bonchev–Trinajstić information content (AvgIpc) is 3.68. The van der Waals surface area contributed by atoms with Crippen molar-refractivity contribution in [3.63, 3.8) is 0 Å². The van der Waals surface area contributed by atoms with E-state index in [1.807, 2.05) is 0 Å². The highest BCUT2D eigenvalue weighted by Gasteiger charge is 2.70. The van der Waals surface area contributed by atoms with Crippen LogP contribution in [0, 0.1) is 29.6 Å². The fourth-order valence-corrected chi connectivity index (χ4v) is 10.9. The van der Waals surface area contributed by atoms with E-state index in [2.05, 4.69) is 48.0 Å². The molecule has 6 nitrogen and oxygen atoms in total. The molecule has 2 bridgehead atoms. The predicted octanol–water partition coefficient (Wildman–Crippen LogP) is 5.98. The minimum atomic E-state index is -4.69. The zero-order valence-electron chi connectivity index (χ0n) is 22.4. The summed E-state index contributed by atoms with van der Waals surface area (Å²) in [6.07, 6.45) is -4.02. The molecule has 2 amide bonds. The highest BCUT2D eigenvalue weighted by Crippen LogP contribution is 2.68. The number of carbonyl (C=O) groups excluding carboxylic acids is 2. The van der Waals surface area contributed by atoms with E-state index in [-0.39, 0.29) is 39.5 Å². The van der Waals surface area contributed by atoms with Crippen LogP contribution in [0.2, 0.25) is 0 Å². The molecule has 3 fully saturated rings. The van der Waals surface area contributed by atoms with Crippen molar-refractivity contribution in [2.75, 3.05) is 22.9 Å². The summed E-state index contributed by atoms with van der Waals surface area (Å²) in [7, 11) is 0. The van der Waals surface area contributed by atoms with E-state index in [4.69, 9.17) is 0 Å². The first-order valence-corrected chi connectivity index (χ1v) is 15.6. The SMILES string of the molecule is CCN(CC)c1ccc([C@H]2c3sc(=O)[nH]c3SC3C4CC(C5C(=O)N(c6ccccc6C(F)(F)F)C(=O)C45)C32)cc1. The number of thiazole rings is 1. The van der Waals surface area contributed by atoms with Crippen LogP contribution in [0.25, 0.3) is 0 Å². The Bertz CT molecular complexity index is 1600. The van der Waals surface area contributed by atoms with Gasteiger partial charge in [-0.1, -0.05) is 35.6 Å². The molecule has 2 aromatic carbocycles. The lowest BCUT2D eigenvalue weighted by Crippen LogP contribution is -2.42. The highest BCUT2D eigenvalue weighted by molar-refractivity contribution is 8.00. The summed E-state index contributed by atoms with van der Waals surface area (Å²) in [5.74, 6) is -2.86. The molecule has 214 valence electrons. The number of nitrogens with zero attached hydrogens (tertiary/aromatic N) is 2. The monoisotopic (exact) mass is 599 g/mol. The van der Waals surface area contributed by atoms with Crippen LogP contribution in [0.4, 0.5) is 24.5 Å². The Morgan fingerprint density at radius 2 is 1.61 bits per heavy atom. The Morgan fingerprint density at radius 3 is 2.27 bits per heavy atom. The van der Waals surface area contributed by atoms with Gasteiger partial charge >= 0.3 is 11.0 Å². The van der Waals surface area contributed by atoms with E-state index in [9.17, 15) is 27.6 Å². The number of rotatable bonds is 5. The minimum Gasteiger partial charge on any atom is -0.372 e. The third-order valence-corrected chi connectivity index (χ3v) is 12.1. The molecule has 1 aromatic heterocycles. The number of amides is 2. The number of imide groups is 1. The van der Waals surface area contributed by atoms with Gasteiger partial charge < -0.3 is 9.88 Å². The van der Waals surface area contributed by atoms with Crippen molar-refractivity contribution in [1.82, 2.24) is 4.98 Å². The molecule has 2 saturated carbocycles. The number of aromatic nitrogens is 1. The number of nitrogens with one attached hydrogen (secondary N) is 1. The number of aromatic amines is 1. The Labute approximate surface area is 242 Å². The number of benzene rings is 2. The molecule has 4 aliphatic rings. The van der Waals surface area contributed by atoms with E-state index in [0.29, 0.717) is 6.42 Å². The van der Waals surface area contributed by atoms with Crippen LogP contribution >= 0.6 is 23.1 Å². The van der Waals surface area contributed by atoms with E-state index >= 15 is 0 Å². The first kappa shape index (κ1) is 26.8. The van der Waals surface area contributed by atoms with Gasteiger partial charge in [-0.05, 0) is 67.9 Å². The van der Waals surface area contributed by atoms with Crippen LogP contribution in [0.1, 0.15) is 42.2 Å². The van der Waals surface area contributed by atoms with E-state index in [0.717, 1.165) is 45.2 Å². The fraction of sp³-hybridized carbons (Fsp3) is 0.433. The molecule has 11 heteroatoms. The topological polar surface area (TPSA) is 73.5 Å². The van der Waals surface area contributed by atoms with Crippen LogP contribution in [0.3, 0.4) is 0 Å². The Hall–Kier alpha value is -3.05. The van der Waals surface area contributed by atoms with Gasteiger partial charge in [0.1, 0.15) is 0 Å². The van der Waals surface area contributed by atoms with Gasteiger partial charge in [0.2, 0.25) is 11.8 Å². The van der Waals surface area contributed by atoms with Gasteiger partial charge in [-0.25, -0.2) is 4.90 Å². The van der Waals surface area contributed by atoms with Crippen molar-refractivity contribution in [1.29, 1.82) is 0 Å². The number of halogens is 3. The van der Waals surface area contributed by atoms with Gasteiger partial charge in [0.25, 0.3) is 0 Å². The normalized spacial score (nSPS) is 30.0. The molecule has 2 aliphatic heterocycles. The Kier molecular flexibility index (Phi) is 6.21. The second-order valence-corrected chi connectivity index (χ2v) is 13.5. The van der Waals surface area contributed by atoms with Crippen molar-refractivity contribution in [2.45, 2.75) is 42.6 Å². The number of alkyl halides is 3. The van der Waals surface area contributed by atoms with Crippen LogP contribution in [0.5, 0.6) is 0 Å². The van der Waals surface area contributed by atoms with E-state index in [1.54, 1.807) is 11.8 Å². The van der Waals surface area contributed by atoms with Gasteiger partial charge in [-0.3, -0.25) is 14.4 Å². The van der Waals surface area contributed by atoms with Gasteiger partial charge in [0.15, 0.2) is 0 Å². The average molecular weight is 600 g/mol. The number of hydrogen-bond donors (Lipinski definition) is 1. The van der Waals surface area contributed by atoms with E-state index < -0.39 is 35.4 Å². The molecule has 1 N–H and O–H groups in total. The molecular weight excluding hydrogens is 571 g/mol. The molecule has 6 unspecified atom stereocenters. The number of anilines is 2. The summed E-state index contributed by atoms with van der Waals surface area (Å²) >= 11 is 2.75. The molecule has 7 rings (SSSR count). The van der Waals surface area contributed by atoms with Crippen LogP contribution in [-0.4, -0.2) is 35.1 Å². The Balaban J connectivity index is 1.29. The molecule has 7 atom stereocenters. The van der Waals surface area contributed by atoms with Gasteiger partial charge in [-0.2, -0.15) is 13.2 Å². The number of para-hydroxylation sites is 1. The lowest BCUT2D eigenvalue weighted by molar-refractivity contribution is -0.137. The van der Waals surface area contributed by atoms with Gasteiger partial charge in [0, 0.05) is 34.8 Å².